The van der Waals surface area contributed by atoms with Gasteiger partial charge in [-0.25, -0.2) is 9.97 Å². The van der Waals surface area contributed by atoms with Crippen molar-refractivity contribution in [1.29, 1.82) is 0 Å². The first-order valence-corrected chi connectivity index (χ1v) is 18.5. The van der Waals surface area contributed by atoms with Gasteiger partial charge in [0, 0.05) is 13.1 Å². The van der Waals surface area contributed by atoms with Crippen LogP contribution in [0.2, 0.25) is 0 Å². The number of aromatic amines is 2. The Labute approximate surface area is 296 Å². The molecule has 10 nitrogen and oxygen atoms in total. The highest BCUT2D eigenvalue weighted by Gasteiger charge is 2.38. The van der Waals surface area contributed by atoms with E-state index in [4.69, 9.17) is 9.97 Å². The highest BCUT2D eigenvalue weighted by Crippen LogP contribution is 2.35. The first kappa shape index (κ1) is 35.5. The van der Waals surface area contributed by atoms with Crippen LogP contribution in [-0.4, -0.2) is 80.8 Å². The summed E-state index contributed by atoms with van der Waals surface area (Å²) < 4.78 is 0. The highest BCUT2D eigenvalue weighted by atomic mass is 16.2. The minimum atomic E-state index is -0.181. The molecule has 2 saturated heterocycles. The summed E-state index contributed by atoms with van der Waals surface area (Å²) >= 11 is 0. The Morgan fingerprint density at radius 1 is 0.680 bits per heavy atom. The number of nitrogens with one attached hydrogen (secondary N) is 4. The number of H-pyrrole nitrogens is 2. The number of hydrogen-bond donors (Lipinski definition) is 4. The number of nitrogens with zero attached hydrogens (tertiary/aromatic N) is 4. The molecule has 0 aliphatic carbocycles. The fraction of sp³-hybridized carbons (Fsp3) is 0.500. The van der Waals surface area contributed by atoms with Gasteiger partial charge in [-0.3, -0.25) is 9.59 Å². The fourth-order valence-corrected chi connectivity index (χ4v) is 7.75. The molecule has 50 heavy (non-hydrogen) atoms. The lowest BCUT2D eigenvalue weighted by atomic mass is 9.97. The molecule has 2 amide bonds. The molecule has 6 atom stereocenters. The van der Waals surface area contributed by atoms with E-state index < -0.39 is 0 Å². The van der Waals surface area contributed by atoms with E-state index in [1.807, 2.05) is 36.3 Å². The molecule has 4 N–H and O–H groups in total. The van der Waals surface area contributed by atoms with Crippen molar-refractivity contribution in [1.82, 2.24) is 40.4 Å². The number of likely N-dealkylation sites (tertiary alicyclic amines) is 2. The van der Waals surface area contributed by atoms with Crippen molar-refractivity contribution < 1.29 is 9.59 Å². The van der Waals surface area contributed by atoms with Crippen molar-refractivity contribution >= 4 is 11.8 Å². The molecule has 1 unspecified atom stereocenters. The van der Waals surface area contributed by atoms with Crippen LogP contribution >= 0.6 is 0 Å². The Morgan fingerprint density at radius 3 is 1.38 bits per heavy atom. The molecule has 0 radical (unpaired) electrons. The Kier molecular flexibility index (Phi) is 11.2. The van der Waals surface area contributed by atoms with Crippen LogP contribution < -0.4 is 10.6 Å². The average molecular weight is 679 g/mol. The minimum absolute atomic E-state index is 0.0279. The number of hydrogen-bond acceptors (Lipinski definition) is 6. The smallest absolute Gasteiger partial charge is 0.240 e. The van der Waals surface area contributed by atoms with Gasteiger partial charge < -0.3 is 30.4 Å². The van der Waals surface area contributed by atoms with Crippen LogP contribution in [-0.2, 0) is 9.59 Å². The predicted octanol–water partition coefficient (Wildman–Crippen LogP) is 6.73. The van der Waals surface area contributed by atoms with Crippen molar-refractivity contribution in [2.45, 2.75) is 90.4 Å². The third-order valence-corrected chi connectivity index (χ3v) is 11.2. The summed E-state index contributed by atoms with van der Waals surface area (Å²) in [7, 11) is 3.75. The van der Waals surface area contributed by atoms with Gasteiger partial charge in [-0.05, 0) is 73.9 Å². The quantitative estimate of drug-likeness (QED) is 0.124. The van der Waals surface area contributed by atoms with Gasteiger partial charge in [0.15, 0.2) is 0 Å². The van der Waals surface area contributed by atoms with Crippen LogP contribution in [0.4, 0.5) is 0 Å². The molecule has 2 aliphatic heterocycles. The number of carbonyl (C=O) groups is 2. The van der Waals surface area contributed by atoms with E-state index in [0.717, 1.165) is 96.9 Å². The van der Waals surface area contributed by atoms with Crippen LogP contribution in [0.25, 0.3) is 33.6 Å². The van der Waals surface area contributed by atoms with E-state index in [9.17, 15) is 9.59 Å². The second kappa shape index (κ2) is 15.7. The number of benzene rings is 2. The third-order valence-electron chi connectivity index (χ3n) is 11.2. The summed E-state index contributed by atoms with van der Waals surface area (Å²) in [5.74, 6) is 2.58. The second-order valence-electron chi connectivity index (χ2n) is 14.2. The maximum atomic E-state index is 13.5. The molecule has 2 aliphatic rings. The summed E-state index contributed by atoms with van der Waals surface area (Å²) in [5, 5.41) is 6.50. The monoisotopic (exact) mass is 678 g/mol. The van der Waals surface area contributed by atoms with Gasteiger partial charge in [-0.15, -0.1) is 0 Å². The number of aromatic nitrogens is 4. The zero-order valence-corrected chi connectivity index (χ0v) is 30.5. The lowest BCUT2D eigenvalue weighted by Gasteiger charge is -2.30. The van der Waals surface area contributed by atoms with Gasteiger partial charge in [0.25, 0.3) is 0 Å². The SMILES string of the molecule is CC[C@H](C)[C@H](NC)C(=O)N1CCCC1c1ncc(-c2ccc(-c3ccc(-c4cnc([C@@H]5CCCN5C(=O)[C@@H](NC)[C@@H](C)CC)[nH]4)cc3)cc2)[nH]1. The van der Waals surface area contributed by atoms with Gasteiger partial charge in [0.2, 0.25) is 11.8 Å². The van der Waals surface area contributed by atoms with E-state index >= 15 is 0 Å². The van der Waals surface area contributed by atoms with Crippen LogP contribution in [0.15, 0.2) is 60.9 Å². The number of likely N-dealkylation sites (N-methyl/N-ethyl adjacent to an activating group) is 2. The van der Waals surface area contributed by atoms with Gasteiger partial charge in [-0.2, -0.15) is 0 Å². The molecular formula is C40H54N8O2. The molecular weight excluding hydrogens is 624 g/mol. The summed E-state index contributed by atoms with van der Waals surface area (Å²) in [6.45, 7) is 10.0. The van der Waals surface area contributed by atoms with Crippen LogP contribution in [0.1, 0.15) is 90.0 Å². The molecule has 2 aromatic heterocycles. The lowest BCUT2D eigenvalue weighted by molar-refractivity contribution is -0.136. The zero-order chi connectivity index (χ0) is 35.4. The van der Waals surface area contributed by atoms with Crippen molar-refractivity contribution in [3.8, 4) is 33.6 Å². The minimum Gasteiger partial charge on any atom is -0.340 e. The van der Waals surface area contributed by atoms with Gasteiger partial charge >= 0.3 is 0 Å². The number of imidazole rings is 2. The summed E-state index contributed by atoms with van der Waals surface area (Å²) in [6.07, 6.45) is 9.46. The fourth-order valence-electron chi connectivity index (χ4n) is 7.75. The molecule has 266 valence electrons. The Morgan fingerprint density at radius 2 is 1.04 bits per heavy atom. The second-order valence-corrected chi connectivity index (χ2v) is 14.2. The highest BCUT2D eigenvalue weighted by molar-refractivity contribution is 5.83. The van der Waals surface area contributed by atoms with Crippen molar-refractivity contribution in [2.24, 2.45) is 11.8 Å². The van der Waals surface area contributed by atoms with E-state index in [0.29, 0.717) is 0 Å². The standard InChI is InChI=1S/C40H54N8O2/c1-7-25(3)35(41-5)39(49)47-21-9-11-33(47)37-43-23-31(45-37)29-17-13-27(14-18-29)28-15-19-30(20-16-28)32-24-44-38(46-32)34-12-10-22-48(34)40(50)36(42-6)26(4)8-2/h13-20,23-26,33-36,41-42H,7-12,21-22H2,1-6H3,(H,43,45)(H,44,46)/t25-,26-,33-,34?,35-,36-/m0/s1. The van der Waals surface area contributed by atoms with Crippen molar-refractivity contribution in [3.05, 3.63) is 72.6 Å². The first-order chi connectivity index (χ1) is 24.3. The molecule has 0 bridgehead atoms. The van der Waals surface area contributed by atoms with Gasteiger partial charge in [0.1, 0.15) is 11.6 Å². The maximum absolute atomic E-state index is 13.5. The van der Waals surface area contributed by atoms with Crippen molar-refractivity contribution in [3.63, 3.8) is 0 Å². The molecule has 6 rings (SSSR count). The molecule has 0 spiro atoms. The zero-order valence-electron chi connectivity index (χ0n) is 30.5. The topological polar surface area (TPSA) is 122 Å². The van der Waals surface area contributed by atoms with E-state index in [2.05, 4.69) is 96.8 Å². The molecule has 2 fully saturated rings. The van der Waals surface area contributed by atoms with Crippen LogP contribution in [0, 0.1) is 11.8 Å². The van der Waals surface area contributed by atoms with Crippen LogP contribution in [0.3, 0.4) is 0 Å². The predicted molar refractivity (Wildman–Crippen MR) is 199 cm³/mol. The normalized spacial score (nSPS) is 20.2. The Hall–Kier alpha value is -4.28. The number of amides is 2. The largest absolute Gasteiger partial charge is 0.340 e. The summed E-state index contributed by atoms with van der Waals surface area (Å²) in [6, 6.07) is 16.6. The Balaban J connectivity index is 1.11. The van der Waals surface area contributed by atoms with Gasteiger partial charge in [-0.1, -0.05) is 89.1 Å². The molecule has 2 aromatic carbocycles. The van der Waals surface area contributed by atoms with E-state index in [-0.39, 0.29) is 47.8 Å². The van der Waals surface area contributed by atoms with E-state index in [1.165, 1.54) is 0 Å². The summed E-state index contributed by atoms with van der Waals surface area (Å²) in [5.41, 5.74) is 6.27. The average Bonchev–Trinajstić information content (AvgIpc) is 3.98. The van der Waals surface area contributed by atoms with E-state index in [1.54, 1.807) is 0 Å². The summed E-state index contributed by atoms with van der Waals surface area (Å²) in [4.78, 5) is 47.5. The number of rotatable bonds is 13. The third kappa shape index (κ3) is 7.14. The maximum Gasteiger partial charge on any atom is 0.240 e. The first-order valence-electron chi connectivity index (χ1n) is 18.5. The molecule has 10 heteroatoms. The van der Waals surface area contributed by atoms with Crippen LogP contribution in [0.5, 0.6) is 0 Å². The molecule has 0 saturated carbocycles. The number of carbonyl (C=O) groups excluding carboxylic acids is 2. The van der Waals surface area contributed by atoms with Crippen molar-refractivity contribution in [2.75, 3.05) is 27.2 Å². The van der Waals surface area contributed by atoms with Gasteiger partial charge in [0.05, 0.1) is 47.9 Å². The lowest BCUT2D eigenvalue weighted by Crippen LogP contribution is -2.48. The Bertz CT molecular complexity index is 1600. The molecule has 4 aromatic rings. The molecule has 4 heterocycles.